The Balaban J connectivity index is 0.00000144. The Hall–Kier alpha value is -1.43. The van der Waals surface area contributed by atoms with Crippen molar-refractivity contribution < 1.29 is 0 Å². The van der Waals surface area contributed by atoms with E-state index in [9.17, 15) is 0 Å². The van der Waals surface area contributed by atoms with E-state index in [0.29, 0.717) is 6.54 Å². The predicted octanol–water partition coefficient (Wildman–Crippen LogP) is 3.26. The highest BCUT2D eigenvalue weighted by Gasteiger charge is 2.13. The molecule has 0 bridgehead atoms. The number of hydrogen-bond donors (Lipinski definition) is 1. The zero-order valence-corrected chi connectivity index (χ0v) is 13.9. The van der Waals surface area contributed by atoms with Crippen LogP contribution in [0.5, 0.6) is 0 Å². The first kappa shape index (κ1) is 15.5. The van der Waals surface area contributed by atoms with Crippen LogP contribution in [0.15, 0.2) is 24.4 Å². The van der Waals surface area contributed by atoms with Crippen molar-refractivity contribution in [1.82, 2.24) is 14.6 Å². The highest BCUT2D eigenvalue weighted by Crippen LogP contribution is 2.28. The average Bonchev–Trinajstić information content (AvgIpc) is 3.05. The number of aromatic nitrogens is 3. The van der Waals surface area contributed by atoms with Gasteiger partial charge in [0.15, 0.2) is 0 Å². The van der Waals surface area contributed by atoms with Gasteiger partial charge in [-0.1, -0.05) is 23.5 Å². The summed E-state index contributed by atoms with van der Waals surface area (Å²) < 4.78 is 1.88. The van der Waals surface area contributed by atoms with Gasteiger partial charge in [-0.3, -0.25) is 0 Å². The first-order valence-electron chi connectivity index (χ1n) is 7.51. The molecule has 0 saturated heterocycles. The largest absolute Gasteiger partial charge is 0.330 e. The van der Waals surface area contributed by atoms with Crippen molar-refractivity contribution in [2.75, 3.05) is 6.54 Å². The van der Waals surface area contributed by atoms with E-state index in [2.05, 4.69) is 23.3 Å². The van der Waals surface area contributed by atoms with E-state index in [0.717, 1.165) is 22.1 Å². The minimum absolute atomic E-state index is 0. The molecule has 3 aromatic rings. The number of hydrogen-bond acceptors (Lipinski definition) is 4. The van der Waals surface area contributed by atoms with E-state index in [4.69, 9.17) is 10.7 Å². The summed E-state index contributed by atoms with van der Waals surface area (Å²) in [5.74, 6) is 0. The molecule has 0 amide bonds. The van der Waals surface area contributed by atoms with Crippen LogP contribution in [0.1, 0.15) is 29.0 Å². The number of nitrogens with two attached hydrogens (primary N) is 1. The van der Waals surface area contributed by atoms with Gasteiger partial charge in [-0.2, -0.15) is 5.10 Å². The normalized spacial score (nSPS) is 13.9. The Morgan fingerprint density at radius 2 is 2.00 bits per heavy atom. The number of rotatable bonds is 3. The van der Waals surface area contributed by atoms with Crippen molar-refractivity contribution in [1.29, 1.82) is 0 Å². The number of imidazole rings is 1. The molecule has 4 rings (SSSR count). The van der Waals surface area contributed by atoms with Gasteiger partial charge in [0, 0.05) is 12.0 Å². The molecule has 0 radical (unpaired) electrons. The molecule has 0 atom stereocenters. The highest BCUT2D eigenvalue weighted by atomic mass is 35.5. The molecular weight excluding hydrogens is 316 g/mol. The number of halogens is 1. The Labute approximate surface area is 139 Å². The van der Waals surface area contributed by atoms with Gasteiger partial charge in [0.05, 0.1) is 11.9 Å². The summed E-state index contributed by atoms with van der Waals surface area (Å²) in [6.07, 6.45) is 7.89. The fourth-order valence-electron chi connectivity index (χ4n) is 3.00. The van der Waals surface area contributed by atoms with Gasteiger partial charge in [0.25, 0.3) is 0 Å². The molecule has 0 unspecified atom stereocenters. The third kappa shape index (κ3) is 2.76. The number of nitrogens with zero attached hydrogens (tertiary/aromatic N) is 3. The van der Waals surface area contributed by atoms with Crippen LogP contribution < -0.4 is 5.73 Å². The second-order valence-electron chi connectivity index (χ2n) is 5.58. The van der Waals surface area contributed by atoms with Crippen molar-refractivity contribution in [3.05, 3.63) is 40.5 Å². The number of fused-ring (bicyclic) bond motifs is 2. The lowest BCUT2D eigenvalue weighted by Gasteiger charge is -2.15. The van der Waals surface area contributed by atoms with Gasteiger partial charge in [-0.15, -0.1) is 12.4 Å². The Kier molecular flexibility index (Phi) is 4.47. The maximum atomic E-state index is 5.57. The highest BCUT2D eigenvalue weighted by molar-refractivity contribution is 7.16. The second-order valence-corrected chi connectivity index (χ2v) is 6.62. The molecule has 6 heteroatoms. The zero-order valence-electron chi connectivity index (χ0n) is 12.3. The summed E-state index contributed by atoms with van der Waals surface area (Å²) >= 11 is 1.63. The quantitative estimate of drug-likeness (QED) is 0.799. The zero-order chi connectivity index (χ0) is 14.2. The summed E-state index contributed by atoms with van der Waals surface area (Å²) in [6, 6.07) is 6.77. The molecular formula is C16H19ClN4S. The molecule has 1 aliphatic carbocycles. The Bertz CT molecular complexity index is 761. The molecule has 116 valence electrons. The lowest BCUT2D eigenvalue weighted by atomic mass is 9.90. The van der Waals surface area contributed by atoms with Crippen LogP contribution in [-0.4, -0.2) is 21.1 Å². The van der Waals surface area contributed by atoms with Crippen LogP contribution in [0.3, 0.4) is 0 Å². The first-order valence-corrected chi connectivity index (χ1v) is 8.32. The maximum absolute atomic E-state index is 5.57. The van der Waals surface area contributed by atoms with E-state index in [1.807, 2.05) is 10.7 Å². The van der Waals surface area contributed by atoms with E-state index >= 15 is 0 Å². The predicted molar refractivity (Wildman–Crippen MR) is 92.9 cm³/mol. The number of aryl methyl sites for hydroxylation is 2. The Morgan fingerprint density at radius 1 is 1.18 bits per heavy atom. The van der Waals surface area contributed by atoms with Crippen LogP contribution in [0.2, 0.25) is 0 Å². The van der Waals surface area contributed by atoms with E-state index < -0.39 is 0 Å². The molecule has 2 heterocycles. The molecule has 4 nitrogen and oxygen atoms in total. The lowest BCUT2D eigenvalue weighted by Crippen LogP contribution is -2.02. The fourth-order valence-corrected chi connectivity index (χ4v) is 3.89. The SMILES string of the molecule is Cl.NCCc1nn2cc(-c3ccc4c(c3)CCCC4)nc2s1. The topological polar surface area (TPSA) is 56.2 Å². The third-order valence-electron chi connectivity index (χ3n) is 4.09. The summed E-state index contributed by atoms with van der Waals surface area (Å²) in [6.45, 7) is 0.633. The summed E-state index contributed by atoms with van der Waals surface area (Å²) in [4.78, 5) is 5.66. The third-order valence-corrected chi connectivity index (χ3v) is 5.07. The van der Waals surface area contributed by atoms with Gasteiger partial charge >= 0.3 is 0 Å². The van der Waals surface area contributed by atoms with Gasteiger partial charge in [-0.05, 0) is 49.4 Å². The summed E-state index contributed by atoms with van der Waals surface area (Å²) in [5, 5.41) is 5.58. The van der Waals surface area contributed by atoms with Gasteiger partial charge in [-0.25, -0.2) is 9.50 Å². The van der Waals surface area contributed by atoms with Crippen LogP contribution in [0.25, 0.3) is 16.2 Å². The molecule has 2 N–H and O–H groups in total. The molecule has 0 spiro atoms. The molecule has 22 heavy (non-hydrogen) atoms. The van der Waals surface area contributed by atoms with E-state index in [1.165, 1.54) is 42.4 Å². The molecule has 0 aliphatic heterocycles. The number of benzene rings is 1. The van der Waals surface area contributed by atoms with Crippen molar-refractivity contribution >= 4 is 28.7 Å². The van der Waals surface area contributed by atoms with Gasteiger partial charge in [0.2, 0.25) is 4.96 Å². The van der Waals surface area contributed by atoms with Crippen LogP contribution in [-0.2, 0) is 19.3 Å². The van der Waals surface area contributed by atoms with Crippen LogP contribution in [0.4, 0.5) is 0 Å². The second kappa shape index (κ2) is 6.36. The minimum atomic E-state index is 0. The van der Waals surface area contributed by atoms with Gasteiger partial charge < -0.3 is 5.73 Å². The summed E-state index contributed by atoms with van der Waals surface area (Å²) in [7, 11) is 0. The van der Waals surface area contributed by atoms with E-state index in [-0.39, 0.29) is 12.4 Å². The molecule has 0 saturated carbocycles. The smallest absolute Gasteiger partial charge is 0.212 e. The average molecular weight is 335 g/mol. The van der Waals surface area contributed by atoms with Crippen molar-refractivity contribution in [3.63, 3.8) is 0 Å². The van der Waals surface area contributed by atoms with Crippen molar-refractivity contribution in [3.8, 4) is 11.3 Å². The first-order chi connectivity index (χ1) is 10.3. The monoisotopic (exact) mass is 334 g/mol. The molecule has 1 aromatic carbocycles. The minimum Gasteiger partial charge on any atom is -0.330 e. The fraction of sp³-hybridized carbons (Fsp3) is 0.375. The van der Waals surface area contributed by atoms with E-state index in [1.54, 1.807) is 11.3 Å². The molecule has 0 fully saturated rings. The van der Waals surface area contributed by atoms with Gasteiger partial charge in [0.1, 0.15) is 5.01 Å². The van der Waals surface area contributed by atoms with Crippen molar-refractivity contribution in [2.24, 2.45) is 5.73 Å². The molecule has 2 aromatic heterocycles. The standard InChI is InChI=1S/C16H18N4S.ClH/c17-8-7-15-19-20-10-14(18-16(20)21-15)13-6-5-11-3-1-2-4-12(11)9-13;/h5-6,9-10H,1-4,7-8,17H2;1H. The maximum Gasteiger partial charge on any atom is 0.212 e. The summed E-state index contributed by atoms with van der Waals surface area (Å²) in [5.41, 5.74) is 10.8. The van der Waals surface area contributed by atoms with Crippen LogP contribution >= 0.6 is 23.7 Å². The molecule has 1 aliphatic rings. The Morgan fingerprint density at radius 3 is 2.77 bits per heavy atom. The van der Waals surface area contributed by atoms with Crippen molar-refractivity contribution in [2.45, 2.75) is 32.1 Å². The lowest BCUT2D eigenvalue weighted by molar-refractivity contribution is 0.686. The van der Waals surface area contributed by atoms with Crippen LogP contribution in [0, 0.1) is 0 Å².